The lowest BCUT2D eigenvalue weighted by Crippen LogP contribution is -2.14. The number of fused-ring (bicyclic) bond motifs is 1. The lowest BCUT2D eigenvalue weighted by molar-refractivity contribution is -0.380. The van der Waals surface area contributed by atoms with Crippen molar-refractivity contribution in [3.63, 3.8) is 0 Å². The molecule has 3 nitrogen and oxygen atoms in total. The summed E-state index contributed by atoms with van der Waals surface area (Å²) in [5, 5.41) is 0. The van der Waals surface area contributed by atoms with E-state index in [9.17, 15) is 0 Å². The maximum absolute atomic E-state index is 4.55. The standard InChI is InChI=1S/C11H13N3/c1-11(2,3)10-5-4-8-9(14-10)6-12-7-13-8/h4-7H,1-3H3/p+1. The zero-order valence-corrected chi connectivity index (χ0v) is 8.70. The quantitative estimate of drug-likeness (QED) is 0.631. The molecule has 14 heavy (non-hydrogen) atoms. The summed E-state index contributed by atoms with van der Waals surface area (Å²) >= 11 is 0. The fourth-order valence-corrected chi connectivity index (χ4v) is 1.32. The number of rotatable bonds is 0. The molecule has 0 fully saturated rings. The first-order chi connectivity index (χ1) is 6.57. The second-order valence-corrected chi connectivity index (χ2v) is 4.42. The van der Waals surface area contributed by atoms with Crippen LogP contribution in [0.15, 0.2) is 24.7 Å². The summed E-state index contributed by atoms with van der Waals surface area (Å²) in [5.41, 5.74) is 3.02. The number of pyridine rings is 1. The minimum atomic E-state index is 0.0873. The van der Waals surface area contributed by atoms with Crippen LogP contribution in [0.5, 0.6) is 0 Å². The predicted molar refractivity (Wildman–Crippen MR) is 54.8 cm³/mol. The van der Waals surface area contributed by atoms with E-state index in [0.29, 0.717) is 0 Å². The second kappa shape index (κ2) is 3.01. The van der Waals surface area contributed by atoms with Gasteiger partial charge in [-0.1, -0.05) is 20.8 Å². The molecule has 0 unspecified atom stereocenters. The Bertz CT molecular complexity index is 457. The third-order valence-corrected chi connectivity index (χ3v) is 2.17. The summed E-state index contributed by atoms with van der Waals surface area (Å²) in [7, 11) is 0. The van der Waals surface area contributed by atoms with Crippen molar-refractivity contribution in [2.45, 2.75) is 26.2 Å². The van der Waals surface area contributed by atoms with Gasteiger partial charge in [-0.05, 0) is 17.1 Å². The Kier molecular flexibility index (Phi) is 1.95. The fraction of sp³-hybridized carbons (Fsp3) is 0.364. The van der Waals surface area contributed by atoms with E-state index in [-0.39, 0.29) is 5.41 Å². The highest BCUT2D eigenvalue weighted by atomic mass is 14.9. The summed E-state index contributed by atoms with van der Waals surface area (Å²) in [4.78, 5) is 11.7. The van der Waals surface area contributed by atoms with Crippen molar-refractivity contribution < 1.29 is 4.98 Å². The van der Waals surface area contributed by atoms with Gasteiger partial charge in [0.2, 0.25) is 5.52 Å². The molecule has 0 aromatic carbocycles. The molecule has 2 heterocycles. The molecule has 0 atom stereocenters. The number of aromatic amines is 1. The highest BCUT2D eigenvalue weighted by Gasteiger charge is 2.16. The summed E-state index contributed by atoms with van der Waals surface area (Å²) in [6.07, 6.45) is 3.54. The minimum Gasteiger partial charge on any atom is -0.248 e. The van der Waals surface area contributed by atoms with Crippen LogP contribution in [0.2, 0.25) is 0 Å². The largest absolute Gasteiger partial charge is 0.284 e. The number of hydrogen-bond acceptors (Lipinski definition) is 2. The minimum absolute atomic E-state index is 0.0873. The van der Waals surface area contributed by atoms with Crippen molar-refractivity contribution in [3.05, 3.63) is 30.4 Å². The zero-order valence-electron chi connectivity index (χ0n) is 8.70. The van der Waals surface area contributed by atoms with Gasteiger partial charge in [-0.2, -0.15) is 0 Å². The van der Waals surface area contributed by atoms with Crippen molar-refractivity contribution >= 4 is 11.0 Å². The highest BCUT2D eigenvalue weighted by molar-refractivity contribution is 5.71. The Balaban J connectivity index is 2.63. The molecular weight excluding hydrogens is 174 g/mol. The van der Waals surface area contributed by atoms with Crippen LogP contribution in [-0.4, -0.2) is 9.97 Å². The van der Waals surface area contributed by atoms with Gasteiger partial charge in [0.1, 0.15) is 6.20 Å². The van der Waals surface area contributed by atoms with Crippen LogP contribution in [0.4, 0.5) is 0 Å². The molecule has 0 amide bonds. The fourth-order valence-electron chi connectivity index (χ4n) is 1.32. The molecule has 0 spiro atoms. The second-order valence-electron chi connectivity index (χ2n) is 4.42. The van der Waals surface area contributed by atoms with E-state index in [1.807, 2.05) is 18.3 Å². The summed E-state index contributed by atoms with van der Waals surface area (Å²) < 4.78 is 0. The van der Waals surface area contributed by atoms with Crippen LogP contribution in [0.25, 0.3) is 11.0 Å². The summed E-state index contributed by atoms with van der Waals surface area (Å²) in [5.74, 6) is 0. The van der Waals surface area contributed by atoms with Crippen LogP contribution in [0.3, 0.4) is 0 Å². The Morgan fingerprint density at radius 2 is 1.93 bits per heavy atom. The van der Waals surface area contributed by atoms with Gasteiger partial charge in [0.25, 0.3) is 6.33 Å². The van der Waals surface area contributed by atoms with Crippen molar-refractivity contribution in [1.82, 2.24) is 9.97 Å². The third-order valence-electron chi connectivity index (χ3n) is 2.17. The highest BCUT2D eigenvalue weighted by Crippen LogP contribution is 2.21. The van der Waals surface area contributed by atoms with Gasteiger partial charge in [0.15, 0.2) is 5.52 Å². The number of nitrogens with one attached hydrogen (secondary N) is 1. The molecule has 0 saturated heterocycles. The van der Waals surface area contributed by atoms with E-state index >= 15 is 0 Å². The van der Waals surface area contributed by atoms with Crippen molar-refractivity contribution in [2.24, 2.45) is 0 Å². The van der Waals surface area contributed by atoms with Gasteiger partial charge in [-0.3, -0.25) is 0 Å². The van der Waals surface area contributed by atoms with Crippen molar-refractivity contribution in [3.8, 4) is 0 Å². The van der Waals surface area contributed by atoms with Crippen molar-refractivity contribution in [1.29, 1.82) is 0 Å². The monoisotopic (exact) mass is 188 g/mol. The number of nitrogens with zero attached hydrogens (tertiary/aromatic N) is 2. The number of hydrogen-bond donors (Lipinski definition) is 0. The molecule has 3 heteroatoms. The number of H-pyrrole nitrogens is 1. The van der Waals surface area contributed by atoms with Gasteiger partial charge in [-0.15, -0.1) is 0 Å². The van der Waals surface area contributed by atoms with E-state index in [0.717, 1.165) is 16.7 Å². The molecule has 0 aliphatic rings. The van der Waals surface area contributed by atoms with E-state index < -0.39 is 0 Å². The Labute approximate surface area is 83.2 Å². The third kappa shape index (κ3) is 1.58. The van der Waals surface area contributed by atoms with Gasteiger partial charge in [0.05, 0.1) is 0 Å². The van der Waals surface area contributed by atoms with Crippen LogP contribution >= 0.6 is 0 Å². The smallest absolute Gasteiger partial charge is 0.248 e. The van der Waals surface area contributed by atoms with Gasteiger partial charge >= 0.3 is 0 Å². The molecule has 2 aromatic heterocycles. The zero-order chi connectivity index (χ0) is 10.2. The average molecular weight is 188 g/mol. The van der Waals surface area contributed by atoms with Crippen LogP contribution in [0, 0.1) is 0 Å². The lowest BCUT2D eigenvalue weighted by Gasteiger charge is -2.16. The van der Waals surface area contributed by atoms with Gasteiger partial charge in [-0.25, -0.2) is 9.97 Å². The Hall–Kier alpha value is -1.51. The van der Waals surface area contributed by atoms with Crippen LogP contribution in [-0.2, 0) is 5.41 Å². The molecular formula is C11H14N3+. The molecule has 0 aliphatic heterocycles. The Morgan fingerprint density at radius 3 is 2.64 bits per heavy atom. The van der Waals surface area contributed by atoms with Crippen LogP contribution in [0.1, 0.15) is 26.5 Å². The first-order valence-electron chi connectivity index (χ1n) is 4.71. The SMILES string of the molecule is CC(C)(C)c1ccc2nc[nH+]cc2n1. The molecule has 0 saturated carbocycles. The molecule has 1 N–H and O–H groups in total. The first-order valence-corrected chi connectivity index (χ1v) is 4.71. The summed E-state index contributed by atoms with van der Waals surface area (Å²) in [6.45, 7) is 6.46. The van der Waals surface area contributed by atoms with E-state index in [1.54, 1.807) is 6.33 Å². The van der Waals surface area contributed by atoms with Crippen LogP contribution < -0.4 is 4.98 Å². The Morgan fingerprint density at radius 1 is 1.14 bits per heavy atom. The molecule has 2 aromatic rings. The van der Waals surface area contributed by atoms with E-state index in [2.05, 4.69) is 35.7 Å². The predicted octanol–water partition coefficient (Wildman–Crippen LogP) is 1.74. The van der Waals surface area contributed by atoms with Crippen molar-refractivity contribution in [2.75, 3.05) is 0 Å². The van der Waals surface area contributed by atoms with Gasteiger partial charge in [0, 0.05) is 11.1 Å². The maximum atomic E-state index is 4.55. The molecule has 2 rings (SSSR count). The number of aromatic nitrogens is 3. The normalized spacial score (nSPS) is 11.9. The molecule has 0 bridgehead atoms. The molecule has 0 aliphatic carbocycles. The first kappa shape index (κ1) is 9.06. The summed E-state index contributed by atoms with van der Waals surface area (Å²) in [6, 6.07) is 4.05. The average Bonchev–Trinajstić information content (AvgIpc) is 2.16. The molecule has 72 valence electrons. The van der Waals surface area contributed by atoms with E-state index in [1.165, 1.54) is 0 Å². The molecule has 0 radical (unpaired) electrons. The van der Waals surface area contributed by atoms with E-state index in [4.69, 9.17) is 0 Å². The topological polar surface area (TPSA) is 39.9 Å². The van der Waals surface area contributed by atoms with Gasteiger partial charge < -0.3 is 0 Å². The lowest BCUT2D eigenvalue weighted by atomic mass is 9.91. The maximum Gasteiger partial charge on any atom is 0.284 e.